The summed E-state index contributed by atoms with van der Waals surface area (Å²) in [6, 6.07) is 16.5. The number of nitrogens with zero attached hydrogens (tertiary/aromatic N) is 4. The van der Waals surface area contributed by atoms with E-state index in [9.17, 15) is 9.59 Å². The van der Waals surface area contributed by atoms with Gasteiger partial charge in [-0.1, -0.05) is 60.7 Å². The molecule has 2 aromatic carbocycles. The van der Waals surface area contributed by atoms with Gasteiger partial charge < -0.3 is 0 Å². The summed E-state index contributed by atoms with van der Waals surface area (Å²) >= 11 is 0. The molecule has 0 aliphatic rings. The molecule has 0 saturated carbocycles. The number of hydrogen-bond donors (Lipinski definition) is 2. The van der Waals surface area contributed by atoms with Gasteiger partial charge in [0, 0.05) is 17.2 Å². The Bertz CT molecular complexity index is 1020. The number of benzene rings is 2. The third-order valence-corrected chi connectivity index (χ3v) is 3.88. The van der Waals surface area contributed by atoms with Gasteiger partial charge in [-0.3, -0.25) is 20.4 Å². The number of allylic oxidation sites excluding steroid dienone is 3. The molecular weight excluding hydrogens is 368 g/mol. The van der Waals surface area contributed by atoms with Crippen molar-refractivity contribution in [2.75, 3.05) is 0 Å². The highest BCUT2D eigenvalue weighted by molar-refractivity contribution is 5.96. The number of hydrogen-bond acceptors (Lipinski definition) is 5. The molecule has 0 radical (unpaired) electrons. The van der Waals surface area contributed by atoms with E-state index >= 15 is 0 Å². The molecule has 0 aliphatic carbocycles. The monoisotopic (exact) mass is 388 g/mol. The van der Waals surface area contributed by atoms with Crippen LogP contribution in [0.1, 0.15) is 22.8 Å². The van der Waals surface area contributed by atoms with E-state index in [1.165, 1.54) is 10.9 Å². The predicted molar refractivity (Wildman–Crippen MR) is 108 cm³/mol. The van der Waals surface area contributed by atoms with Crippen molar-refractivity contribution in [3.63, 3.8) is 0 Å². The minimum Gasteiger partial charge on any atom is -0.268 e. The molecule has 0 atom stereocenters. The van der Waals surface area contributed by atoms with Crippen LogP contribution in [0.3, 0.4) is 0 Å². The Balaban J connectivity index is 1.55. The van der Waals surface area contributed by atoms with Gasteiger partial charge in [0.1, 0.15) is 0 Å². The van der Waals surface area contributed by atoms with Crippen molar-refractivity contribution in [1.29, 1.82) is 0 Å². The zero-order chi connectivity index (χ0) is 20.5. The van der Waals surface area contributed by atoms with Crippen LogP contribution < -0.4 is 10.9 Å². The summed E-state index contributed by atoms with van der Waals surface area (Å²) in [4.78, 5) is 25.1. The topological polar surface area (TPSA) is 102 Å². The van der Waals surface area contributed by atoms with Gasteiger partial charge in [0.25, 0.3) is 11.8 Å². The van der Waals surface area contributed by atoms with Gasteiger partial charge in [0.2, 0.25) is 5.82 Å². The minimum absolute atomic E-state index is 0.408. The number of carbonyl (C=O) groups is 2. The lowest BCUT2D eigenvalue weighted by atomic mass is 10.1. The normalized spacial score (nSPS) is 11.1. The number of tetrazole rings is 1. The summed E-state index contributed by atoms with van der Waals surface area (Å²) < 4.78 is 0. The second kappa shape index (κ2) is 9.75. The lowest BCUT2D eigenvalue weighted by molar-refractivity contribution is -0.117. The number of amides is 2. The molecule has 3 aromatic rings. The van der Waals surface area contributed by atoms with E-state index in [2.05, 4.69) is 26.3 Å². The fourth-order valence-corrected chi connectivity index (χ4v) is 2.42. The lowest BCUT2D eigenvalue weighted by Gasteiger charge is -2.06. The van der Waals surface area contributed by atoms with Crippen LogP contribution in [0.2, 0.25) is 0 Å². The zero-order valence-corrected chi connectivity index (χ0v) is 15.8. The van der Waals surface area contributed by atoms with Crippen LogP contribution in [0.15, 0.2) is 78.9 Å². The van der Waals surface area contributed by atoms with Crippen LogP contribution in [0, 0.1) is 0 Å². The molecule has 0 spiro atoms. The van der Waals surface area contributed by atoms with Gasteiger partial charge in [0.15, 0.2) is 0 Å². The average molecular weight is 388 g/mol. The van der Waals surface area contributed by atoms with E-state index in [-0.39, 0.29) is 0 Å². The molecule has 0 aliphatic heterocycles. The first-order valence-corrected chi connectivity index (χ1v) is 8.97. The molecule has 29 heavy (non-hydrogen) atoms. The third-order valence-electron chi connectivity index (χ3n) is 3.88. The molecule has 2 N–H and O–H groups in total. The molecule has 0 fully saturated rings. The first-order valence-electron chi connectivity index (χ1n) is 8.97. The first kappa shape index (κ1) is 19.7. The molecule has 146 valence electrons. The number of nitrogens with one attached hydrogen (secondary N) is 2. The van der Waals surface area contributed by atoms with E-state index in [0.29, 0.717) is 17.9 Å². The van der Waals surface area contributed by atoms with E-state index in [4.69, 9.17) is 0 Å². The molecule has 3 rings (SSSR count). The van der Waals surface area contributed by atoms with Crippen molar-refractivity contribution in [3.8, 4) is 11.4 Å². The third kappa shape index (κ3) is 5.70. The Morgan fingerprint density at radius 1 is 1.00 bits per heavy atom. The summed E-state index contributed by atoms with van der Waals surface area (Å²) in [6.07, 6.45) is 6.41. The second-order valence-electron chi connectivity index (χ2n) is 6.03. The quantitative estimate of drug-likeness (QED) is 0.383. The highest BCUT2D eigenvalue weighted by Gasteiger charge is 2.08. The number of rotatable bonds is 6. The highest BCUT2D eigenvalue weighted by Crippen LogP contribution is 2.12. The molecule has 0 unspecified atom stereocenters. The summed E-state index contributed by atoms with van der Waals surface area (Å²) in [5, 5.41) is 12.5. The fourth-order valence-electron chi connectivity index (χ4n) is 2.42. The standard InChI is InChI=1S/C21H20N6O2/c1-2-3-5-10-19(28)22-24-21(29)18-13-11-16(12-14-18)15-27-25-20(23-26-27)17-8-6-4-7-9-17/h2-14H,15H2,1H3,(H,22,28)(H,24,29)/b3-2+,10-5+. The van der Waals surface area contributed by atoms with E-state index in [1.807, 2.05) is 37.3 Å². The average Bonchev–Trinajstić information content (AvgIpc) is 3.22. The lowest BCUT2D eigenvalue weighted by Crippen LogP contribution is -2.40. The van der Waals surface area contributed by atoms with Crippen molar-refractivity contribution < 1.29 is 9.59 Å². The molecule has 8 nitrogen and oxygen atoms in total. The van der Waals surface area contributed by atoms with Gasteiger partial charge in [-0.25, -0.2) is 0 Å². The van der Waals surface area contributed by atoms with Gasteiger partial charge in [-0.2, -0.15) is 4.80 Å². The van der Waals surface area contributed by atoms with Crippen LogP contribution in [-0.2, 0) is 11.3 Å². The number of aromatic nitrogens is 4. The molecule has 8 heteroatoms. The van der Waals surface area contributed by atoms with Crippen molar-refractivity contribution in [1.82, 2.24) is 31.1 Å². The van der Waals surface area contributed by atoms with E-state index < -0.39 is 11.8 Å². The van der Waals surface area contributed by atoms with Crippen molar-refractivity contribution in [2.45, 2.75) is 13.5 Å². The van der Waals surface area contributed by atoms with Crippen LogP contribution >= 0.6 is 0 Å². The Hall–Kier alpha value is -4.07. The number of carbonyl (C=O) groups excluding carboxylic acids is 2. The molecule has 1 aromatic heterocycles. The van der Waals surface area contributed by atoms with Gasteiger partial charge >= 0.3 is 0 Å². The highest BCUT2D eigenvalue weighted by atomic mass is 16.2. The molecule has 1 heterocycles. The van der Waals surface area contributed by atoms with Crippen LogP contribution in [0.4, 0.5) is 0 Å². The Morgan fingerprint density at radius 3 is 2.48 bits per heavy atom. The van der Waals surface area contributed by atoms with Crippen LogP contribution in [-0.4, -0.2) is 32.0 Å². The first-order chi connectivity index (χ1) is 14.2. The van der Waals surface area contributed by atoms with E-state index in [0.717, 1.165) is 11.1 Å². The smallest absolute Gasteiger partial charge is 0.268 e. The summed E-state index contributed by atoms with van der Waals surface area (Å²) in [5.41, 5.74) is 6.91. The summed E-state index contributed by atoms with van der Waals surface area (Å²) in [7, 11) is 0. The SMILES string of the molecule is C/C=C/C=C/C(=O)NNC(=O)c1ccc(Cn2nnc(-c3ccccc3)n2)cc1. The van der Waals surface area contributed by atoms with Crippen LogP contribution in [0.25, 0.3) is 11.4 Å². The fraction of sp³-hybridized carbons (Fsp3) is 0.0952. The summed E-state index contributed by atoms with van der Waals surface area (Å²) in [5.74, 6) is -0.269. The second-order valence-corrected chi connectivity index (χ2v) is 6.03. The maximum atomic E-state index is 12.1. The zero-order valence-electron chi connectivity index (χ0n) is 15.8. The van der Waals surface area contributed by atoms with Gasteiger partial charge in [0.05, 0.1) is 6.54 Å². The van der Waals surface area contributed by atoms with Crippen molar-refractivity contribution in [2.24, 2.45) is 0 Å². The summed E-state index contributed by atoms with van der Waals surface area (Å²) in [6.45, 7) is 2.27. The maximum Gasteiger partial charge on any atom is 0.269 e. The largest absolute Gasteiger partial charge is 0.269 e. The van der Waals surface area contributed by atoms with E-state index in [1.54, 1.807) is 42.5 Å². The van der Waals surface area contributed by atoms with Crippen molar-refractivity contribution >= 4 is 11.8 Å². The Morgan fingerprint density at radius 2 is 1.76 bits per heavy atom. The molecule has 0 saturated heterocycles. The Kier molecular flexibility index (Phi) is 6.62. The maximum absolute atomic E-state index is 12.1. The molecular formula is C21H20N6O2. The van der Waals surface area contributed by atoms with Gasteiger partial charge in [-0.15, -0.1) is 10.2 Å². The molecule has 2 amide bonds. The predicted octanol–water partition coefficient (Wildman–Crippen LogP) is 2.28. The van der Waals surface area contributed by atoms with Crippen molar-refractivity contribution in [3.05, 3.63) is 90.0 Å². The molecule has 0 bridgehead atoms. The Labute approximate surface area is 167 Å². The van der Waals surface area contributed by atoms with Gasteiger partial charge in [-0.05, 0) is 29.8 Å². The van der Waals surface area contributed by atoms with Crippen LogP contribution in [0.5, 0.6) is 0 Å². The number of hydrazine groups is 1. The minimum atomic E-state index is -0.417.